The first-order valence-electron chi connectivity index (χ1n) is 7.78. The molecule has 1 aliphatic rings. The zero-order valence-electron chi connectivity index (χ0n) is 13.5. The molecule has 1 amide bonds. The molecule has 0 radical (unpaired) electrons. The van der Waals surface area contributed by atoms with Crippen molar-refractivity contribution in [2.24, 2.45) is 0 Å². The number of amides is 1. The van der Waals surface area contributed by atoms with Crippen LogP contribution in [0.15, 0.2) is 30.9 Å². The molecule has 0 aliphatic carbocycles. The van der Waals surface area contributed by atoms with E-state index in [1.54, 1.807) is 4.90 Å². The molecule has 0 saturated carbocycles. The lowest BCUT2D eigenvalue weighted by Crippen LogP contribution is -2.44. The van der Waals surface area contributed by atoms with E-state index in [0.717, 1.165) is 25.0 Å². The number of ether oxygens (including phenoxy) is 1. The summed E-state index contributed by atoms with van der Waals surface area (Å²) in [6, 6.07) is 3.31. The Morgan fingerprint density at radius 3 is 2.62 bits per heavy atom. The van der Waals surface area contributed by atoms with Gasteiger partial charge in [0.25, 0.3) is 5.91 Å². The van der Waals surface area contributed by atoms with Gasteiger partial charge in [-0.3, -0.25) is 4.79 Å². The van der Waals surface area contributed by atoms with Gasteiger partial charge in [-0.15, -0.1) is 0 Å². The van der Waals surface area contributed by atoms with E-state index in [-0.39, 0.29) is 17.9 Å². The highest BCUT2D eigenvalue weighted by Gasteiger charge is 2.33. The monoisotopic (exact) mass is 342 g/mol. The van der Waals surface area contributed by atoms with Crippen LogP contribution >= 0.6 is 0 Å². The quantitative estimate of drug-likeness (QED) is 0.836. The van der Waals surface area contributed by atoms with Gasteiger partial charge in [0, 0.05) is 19.1 Å². The highest BCUT2D eigenvalue weighted by Crippen LogP contribution is 2.33. The summed E-state index contributed by atoms with van der Waals surface area (Å²) in [6.07, 6.45) is -1.50. The van der Waals surface area contributed by atoms with Crippen molar-refractivity contribution in [2.75, 3.05) is 26.7 Å². The summed E-state index contributed by atoms with van der Waals surface area (Å²) in [5, 5.41) is 3.15. The average Bonchev–Trinajstić information content (AvgIpc) is 2.58. The zero-order valence-corrected chi connectivity index (χ0v) is 13.5. The van der Waals surface area contributed by atoms with E-state index < -0.39 is 17.6 Å². The molecule has 0 atom stereocenters. The predicted molar refractivity (Wildman–Crippen MR) is 85.1 cm³/mol. The normalized spacial score (nSPS) is 16.1. The lowest BCUT2D eigenvalue weighted by atomic mass is 10.0. The summed E-state index contributed by atoms with van der Waals surface area (Å²) in [5.74, 6) is -0.293. The van der Waals surface area contributed by atoms with E-state index in [9.17, 15) is 18.0 Å². The molecule has 0 aromatic heterocycles. The number of likely N-dealkylation sites (tertiary alicyclic amines) is 1. The van der Waals surface area contributed by atoms with Crippen LogP contribution in [0.3, 0.4) is 0 Å². The van der Waals surface area contributed by atoms with E-state index in [1.165, 1.54) is 12.1 Å². The van der Waals surface area contributed by atoms with E-state index in [0.29, 0.717) is 19.1 Å². The Morgan fingerprint density at radius 2 is 2.08 bits per heavy atom. The van der Waals surface area contributed by atoms with Crippen LogP contribution in [0.25, 0.3) is 0 Å². The fourth-order valence-electron chi connectivity index (χ4n) is 2.69. The lowest BCUT2D eigenvalue weighted by Gasteiger charge is -2.32. The standard InChI is InChI=1S/C17H21F3N2O2/c1-3-10-24-15-5-4-12(17(18,19)20)11-14(15)16(23)22-8-6-13(21-2)7-9-22/h3-5,11,13,21H,1,6-10H2,2H3. The zero-order chi connectivity index (χ0) is 17.7. The molecule has 2 rings (SSSR count). The summed E-state index contributed by atoms with van der Waals surface area (Å²) in [6.45, 7) is 4.63. The van der Waals surface area contributed by atoms with Crippen LogP contribution in [-0.4, -0.2) is 43.6 Å². The van der Waals surface area contributed by atoms with Gasteiger partial charge in [0.15, 0.2) is 0 Å². The summed E-state index contributed by atoms with van der Waals surface area (Å²) < 4.78 is 44.3. The summed E-state index contributed by atoms with van der Waals surface area (Å²) in [7, 11) is 1.86. The Bertz CT molecular complexity index is 594. The van der Waals surface area contributed by atoms with Crippen LogP contribution in [0.2, 0.25) is 0 Å². The lowest BCUT2D eigenvalue weighted by molar-refractivity contribution is -0.137. The molecule has 1 saturated heterocycles. The Kier molecular flexibility index (Phi) is 5.88. The smallest absolute Gasteiger partial charge is 0.416 e. The maximum absolute atomic E-state index is 13.0. The van der Waals surface area contributed by atoms with E-state index in [1.807, 2.05) is 7.05 Å². The highest BCUT2D eigenvalue weighted by molar-refractivity contribution is 5.97. The third-order valence-electron chi connectivity index (χ3n) is 4.08. The van der Waals surface area contributed by atoms with Crippen molar-refractivity contribution in [1.29, 1.82) is 0 Å². The van der Waals surface area contributed by atoms with Crippen LogP contribution in [0.5, 0.6) is 5.75 Å². The topological polar surface area (TPSA) is 41.6 Å². The van der Waals surface area contributed by atoms with Crippen molar-refractivity contribution in [3.63, 3.8) is 0 Å². The van der Waals surface area contributed by atoms with Gasteiger partial charge in [-0.05, 0) is 38.1 Å². The van der Waals surface area contributed by atoms with Crippen LogP contribution in [0.4, 0.5) is 13.2 Å². The maximum atomic E-state index is 13.0. The minimum atomic E-state index is -4.51. The molecule has 24 heavy (non-hydrogen) atoms. The first-order chi connectivity index (χ1) is 11.4. The number of carbonyl (C=O) groups excluding carboxylic acids is 1. The van der Waals surface area contributed by atoms with Crippen LogP contribution in [0, 0.1) is 0 Å². The molecule has 1 aliphatic heterocycles. The number of halogens is 3. The molecule has 1 N–H and O–H groups in total. The number of hydrogen-bond acceptors (Lipinski definition) is 3. The van der Waals surface area contributed by atoms with Gasteiger partial charge in [0.1, 0.15) is 12.4 Å². The minimum absolute atomic E-state index is 0.0606. The molecule has 7 heteroatoms. The molecule has 132 valence electrons. The molecular weight excluding hydrogens is 321 g/mol. The third kappa shape index (κ3) is 4.29. The number of nitrogens with zero attached hydrogens (tertiary/aromatic N) is 1. The second kappa shape index (κ2) is 7.70. The van der Waals surface area contributed by atoms with Gasteiger partial charge in [-0.2, -0.15) is 13.2 Å². The predicted octanol–water partition coefficient (Wildman–Crippen LogP) is 3.09. The average molecular weight is 342 g/mol. The Hall–Kier alpha value is -2.02. The van der Waals surface area contributed by atoms with E-state index in [2.05, 4.69) is 11.9 Å². The van der Waals surface area contributed by atoms with Gasteiger partial charge in [0.05, 0.1) is 11.1 Å². The van der Waals surface area contributed by atoms with Gasteiger partial charge in [-0.25, -0.2) is 0 Å². The number of hydrogen-bond donors (Lipinski definition) is 1. The van der Waals surface area contributed by atoms with Crippen LogP contribution in [0.1, 0.15) is 28.8 Å². The van der Waals surface area contributed by atoms with Gasteiger partial charge in [-0.1, -0.05) is 12.7 Å². The van der Waals surface area contributed by atoms with Crippen molar-refractivity contribution >= 4 is 5.91 Å². The molecule has 4 nitrogen and oxygen atoms in total. The maximum Gasteiger partial charge on any atom is 0.416 e. The highest BCUT2D eigenvalue weighted by atomic mass is 19.4. The first kappa shape index (κ1) is 18.3. The first-order valence-corrected chi connectivity index (χ1v) is 7.78. The second-order valence-electron chi connectivity index (χ2n) is 5.66. The number of benzene rings is 1. The Morgan fingerprint density at radius 1 is 1.42 bits per heavy atom. The van der Waals surface area contributed by atoms with E-state index >= 15 is 0 Å². The number of rotatable bonds is 5. The summed E-state index contributed by atoms with van der Waals surface area (Å²) >= 11 is 0. The summed E-state index contributed by atoms with van der Waals surface area (Å²) in [4.78, 5) is 14.3. The number of nitrogens with one attached hydrogen (secondary N) is 1. The molecule has 1 fully saturated rings. The Labute approximate surface area is 139 Å². The molecule has 1 aromatic rings. The second-order valence-corrected chi connectivity index (χ2v) is 5.66. The molecule has 0 unspecified atom stereocenters. The fraction of sp³-hybridized carbons (Fsp3) is 0.471. The number of carbonyl (C=O) groups is 1. The molecule has 0 spiro atoms. The van der Waals surface area contributed by atoms with Gasteiger partial charge >= 0.3 is 6.18 Å². The van der Waals surface area contributed by atoms with Gasteiger partial charge in [0.2, 0.25) is 0 Å². The largest absolute Gasteiger partial charge is 0.489 e. The van der Waals surface area contributed by atoms with Crippen molar-refractivity contribution in [2.45, 2.75) is 25.1 Å². The fourth-order valence-corrected chi connectivity index (χ4v) is 2.69. The number of alkyl halides is 3. The Balaban J connectivity index is 2.27. The number of piperidine rings is 1. The van der Waals surface area contributed by atoms with Crippen LogP contribution < -0.4 is 10.1 Å². The molecule has 1 aromatic carbocycles. The van der Waals surface area contributed by atoms with Crippen LogP contribution in [-0.2, 0) is 6.18 Å². The summed E-state index contributed by atoms with van der Waals surface area (Å²) in [5.41, 5.74) is -0.920. The minimum Gasteiger partial charge on any atom is -0.489 e. The molecule has 0 bridgehead atoms. The van der Waals surface area contributed by atoms with E-state index in [4.69, 9.17) is 4.74 Å². The van der Waals surface area contributed by atoms with Gasteiger partial charge < -0.3 is 15.0 Å². The molecular formula is C17H21F3N2O2. The molecule has 1 heterocycles. The van der Waals surface area contributed by atoms with Crippen molar-refractivity contribution < 1.29 is 22.7 Å². The van der Waals surface area contributed by atoms with Crippen molar-refractivity contribution in [3.05, 3.63) is 42.0 Å². The SMILES string of the molecule is C=CCOc1ccc(C(F)(F)F)cc1C(=O)N1CCC(NC)CC1. The van der Waals surface area contributed by atoms with Crippen molar-refractivity contribution in [3.8, 4) is 5.75 Å². The van der Waals surface area contributed by atoms with Crippen molar-refractivity contribution in [1.82, 2.24) is 10.2 Å². The third-order valence-corrected chi connectivity index (χ3v) is 4.08.